The highest BCUT2D eigenvalue weighted by atomic mass is 19.4. The molecule has 0 saturated carbocycles. The van der Waals surface area contributed by atoms with Gasteiger partial charge in [-0.1, -0.05) is 6.07 Å². The van der Waals surface area contributed by atoms with Crippen LogP contribution in [-0.4, -0.2) is 32.9 Å². The summed E-state index contributed by atoms with van der Waals surface area (Å²) in [6.45, 7) is 1.24. The lowest BCUT2D eigenvalue weighted by atomic mass is 10.1. The van der Waals surface area contributed by atoms with Crippen molar-refractivity contribution in [3.05, 3.63) is 62.2 Å². The van der Waals surface area contributed by atoms with Gasteiger partial charge in [0.05, 0.1) is 38.6 Å². The maximum absolute atomic E-state index is 13.1. The normalized spacial score (nSPS) is 14.3. The Hall–Kier alpha value is -4.03. The summed E-state index contributed by atoms with van der Waals surface area (Å²) in [5.41, 5.74) is -2.15. The van der Waals surface area contributed by atoms with E-state index in [0.717, 1.165) is 43.5 Å². The van der Waals surface area contributed by atoms with Crippen LogP contribution in [0.5, 0.6) is 0 Å². The molecule has 2 heterocycles. The van der Waals surface area contributed by atoms with E-state index in [4.69, 9.17) is 0 Å². The Morgan fingerprint density at radius 2 is 1.52 bits per heavy atom. The third-order valence-electron chi connectivity index (χ3n) is 5.24. The van der Waals surface area contributed by atoms with E-state index < -0.39 is 33.0 Å². The fraction of sp³-hybridized carbons (Fsp3) is 0.300. The van der Waals surface area contributed by atoms with Crippen LogP contribution >= 0.6 is 0 Å². The van der Waals surface area contributed by atoms with Crippen LogP contribution in [0.3, 0.4) is 0 Å². The molecule has 172 valence electrons. The van der Waals surface area contributed by atoms with Crippen molar-refractivity contribution in [2.45, 2.75) is 25.4 Å². The van der Waals surface area contributed by atoms with E-state index in [1.54, 1.807) is 0 Å². The Labute approximate surface area is 184 Å². The number of nitro benzene ring substituents is 2. The van der Waals surface area contributed by atoms with Gasteiger partial charge in [0.15, 0.2) is 11.6 Å². The lowest BCUT2D eigenvalue weighted by Crippen LogP contribution is -2.31. The molecule has 1 saturated heterocycles. The molecule has 1 aliphatic rings. The molecule has 0 unspecified atom stereocenters. The van der Waals surface area contributed by atoms with Crippen molar-refractivity contribution in [1.29, 1.82) is 0 Å². The fourth-order valence-corrected chi connectivity index (χ4v) is 3.68. The molecule has 3 aromatic rings. The number of piperidine rings is 1. The summed E-state index contributed by atoms with van der Waals surface area (Å²) in [5, 5.41) is 25.5. The summed E-state index contributed by atoms with van der Waals surface area (Å²) in [6, 6.07) is 6.46. The van der Waals surface area contributed by atoms with Crippen LogP contribution in [0.4, 0.5) is 41.9 Å². The van der Waals surface area contributed by atoms with Crippen LogP contribution in [0.25, 0.3) is 11.0 Å². The van der Waals surface area contributed by atoms with E-state index >= 15 is 0 Å². The van der Waals surface area contributed by atoms with Crippen molar-refractivity contribution in [2.75, 3.05) is 23.3 Å². The number of benzene rings is 2. The van der Waals surface area contributed by atoms with Crippen LogP contribution in [0.15, 0.2) is 36.4 Å². The molecule has 13 heteroatoms. The van der Waals surface area contributed by atoms with Gasteiger partial charge in [0.2, 0.25) is 0 Å². The smallest absolute Gasteiger partial charge is 0.354 e. The van der Waals surface area contributed by atoms with Gasteiger partial charge in [-0.3, -0.25) is 20.2 Å². The van der Waals surface area contributed by atoms with Crippen molar-refractivity contribution in [1.82, 2.24) is 9.97 Å². The molecule has 1 aromatic heterocycles. The second-order valence-corrected chi connectivity index (χ2v) is 7.49. The highest BCUT2D eigenvalue weighted by Gasteiger charge is 2.31. The van der Waals surface area contributed by atoms with Gasteiger partial charge in [0.1, 0.15) is 0 Å². The molecule has 0 atom stereocenters. The summed E-state index contributed by atoms with van der Waals surface area (Å²) in [7, 11) is 0. The predicted octanol–water partition coefficient (Wildman–Crippen LogP) is 5.20. The minimum Gasteiger partial charge on any atom is -0.354 e. The molecule has 0 bridgehead atoms. The molecule has 2 aromatic carbocycles. The molecular formula is C20H17F3N6O4. The highest BCUT2D eigenvalue weighted by molar-refractivity contribution is 5.87. The van der Waals surface area contributed by atoms with Crippen molar-refractivity contribution in [2.24, 2.45) is 0 Å². The van der Waals surface area contributed by atoms with Crippen molar-refractivity contribution in [3.8, 4) is 0 Å². The van der Waals surface area contributed by atoms with Crippen LogP contribution in [-0.2, 0) is 6.18 Å². The highest BCUT2D eigenvalue weighted by Crippen LogP contribution is 2.36. The predicted molar refractivity (Wildman–Crippen MR) is 114 cm³/mol. The number of anilines is 3. The van der Waals surface area contributed by atoms with Crippen LogP contribution in [0, 0.1) is 20.2 Å². The van der Waals surface area contributed by atoms with E-state index in [0.29, 0.717) is 18.9 Å². The van der Waals surface area contributed by atoms with E-state index in [9.17, 15) is 33.4 Å². The second-order valence-electron chi connectivity index (χ2n) is 7.49. The van der Waals surface area contributed by atoms with E-state index in [2.05, 4.69) is 15.3 Å². The number of alkyl halides is 3. The van der Waals surface area contributed by atoms with Crippen molar-refractivity contribution < 1.29 is 23.0 Å². The van der Waals surface area contributed by atoms with Crippen molar-refractivity contribution >= 4 is 39.7 Å². The topological polar surface area (TPSA) is 127 Å². The van der Waals surface area contributed by atoms with Gasteiger partial charge in [0.25, 0.3) is 0 Å². The lowest BCUT2D eigenvalue weighted by Gasteiger charge is -2.29. The largest absolute Gasteiger partial charge is 0.416 e. The number of hydrogen-bond acceptors (Lipinski definition) is 8. The van der Waals surface area contributed by atoms with Crippen LogP contribution < -0.4 is 10.2 Å². The second kappa shape index (κ2) is 8.48. The Morgan fingerprint density at radius 3 is 2.09 bits per heavy atom. The number of halogens is 3. The maximum atomic E-state index is 13.1. The number of nitrogens with one attached hydrogen (secondary N) is 1. The Morgan fingerprint density at radius 1 is 0.909 bits per heavy atom. The van der Waals surface area contributed by atoms with Gasteiger partial charge in [-0.2, -0.15) is 13.2 Å². The lowest BCUT2D eigenvalue weighted by molar-refractivity contribution is -0.422. The first-order valence-corrected chi connectivity index (χ1v) is 9.97. The summed E-state index contributed by atoms with van der Waals surface area (Å²) in [6.07, 6.45) is -1.81. The van der Waals surface area contributed by atoms with Gasteiger partial charge < -0.3 is 10.2 Å². The fourth-order valence-electron chi connectivity index (χ4n) is 3.68. The summed E-state index contributed by atoms with van der Waals surface area (Å²) in [4.78, 5) is 31.6. The molecule has 4 rings (SSSR count). The number of rotatable bonds is 5. The average molecular weight is 462 g/mol. The monoisotopic (exact) mass is 462 g/mol. The summed E-state index contributed by atoms with van der Waals surface area (Å²) < 4.78 is 39.4. The molecule has 0 spiro atoms. The van der Waals surface area contributed by atoms with E-state index in [1.807, 2.05) is 4.90 Å². The van der Waals surface area contributed by atoms with Crippen LogP contribution in [0.1, 0.15) is 24.8 Å². The van der Waals surface area contributed by atoms with Crippen LogP contribution in [0.2, 0.25) is 0 Å². The summed E-state index contributed by atoms with van der Waals surface area (Å²) in [5.74, 6) is 0.412. The molecule has 0 aliphatic carbocycles. The Balaban J connectivity index is 1.86. The average Bonchev–Trinajstić information content (AvgIpc) is 2.78. The first-order valence-electron chi connectivity index (χ1n) is 9.97. The number of nitro groups is 2. The molecule has 0 radical (unpaired) electrons. The SMILES string of the molecule is O=[N+]([O-])c1cc2nc(Nc3cccc(C(F)(F)F)c3)c(N3CCCCC3)nc2cc1[N+](=O)[O-]. The van der Waals surface area contributed by atoms with Crippen molar-refractivity contribution in [3.63, 3.8) is 0 Å². The molecule has 1 aliphatic heterocycles. The zero-order valence-electron chi connectivity index (χ0n) is 17.0. The minimum atomic E-state index is -4.54. The zero-order valence-corrected chi connectivity index (χ0v) is 17.0. The minimum absolute atomic E-state index is 0.00235. The standard InChI is InChI=1S/C20H17F3N6O4/c21-20(22,23)12-5-4-6-13(9-12)24-18-19(27-7-2-1-3-8-27)26-15-11-17(29(32)33)16(28(30)31)10-14(15)25-18/h4-6,9-11H,1-3,7-8H2,(H,24,25). The van der Waals surface area contributed by atoms with Gasteiger partial charge in [0, 0.05) is 18.8 Å². The molecular weight excluding hydrogens is 445 g/mol. The third kappa shape index (κ3) is 4.61. The van der Waals surface area contributed by atoms with Gasteiger partial charge in [-0.15, -0.1) is 0 Å². The number of nitrogens with zero attached hydrogens (tertiary/aromatic N) is 5. The molecule has 1 N–H and O–H groups in total. The van der Waals surface area contributed by atoms with Gasteiger partial charge in [-0.05, 0) is 37.5 Å². The Bertz CT molecular complexity index is 1240. The van der Waals surface area contributed by atoms with E-state index in [-0.39, 0.29) is 22.5 Å². The molecule has 1 fully saturated rings. The molecule has 10 nitrogen and oxygen atoms in total. The quantitative estimate of drug-likeness (QED) is 0.405. The van der Waals surface area contributed by atoms with E-state index in [1.165, 1.54) is 12.1 Å². The third-order valence-corrected chi connectivity index (χ3v) is 5.24. The molecule has 33 heavy (non-hydrogen) atoms. The summed E-state index contributed by atoms with van der Waals surface area (Å²) >= 11 is 0. The Kier molecular flexibility index (Phi) is 5.70. The molecule has 0 amide bonds. The first-order chi connectivity index (χ1) is 15.6. The number of aromatic nitrogens is 2. The number of fused-ring (bicyclic) bond motifs is 1. The van der Waals surface area contributed by atoms with Gasteiger partial charge >= 0.3 is 17.6 Å². The maximum Gasteiger partial charge on any atom is 0.416 e. The first kappa shape index (κ1) is 22.2. The van der Waals surface area contributed by atoms with Gasteiger partial charge in [-0.25, -0.2) is 9.97 Å². The zero-order chi connectivity index (χ0) is 23.8. The number of hydrogen-bond donors (Lipinski definition) is 1.